The van der Waals surface area contributed by atoms with E-state index in [0.29, 0.717) is 18.2 Å². The van der Waals surface area contributed by atoms with Crippen LogP contribution in [0.4, 0.5) is 0 Å². The number of hydrogen-bond acceptors (Lipinski definition) is 4. The maximum atomic E-state index is 5.52. The van der Waals surface area contributed by atoms with Crippen LogP contribution < -0.4 is 5.32 Å². The molecule has 1 aromatic carbocycles. The molecule has 24 heavy (non-hydrogen) atoms. The van der Waals surface area contributed by atoms with Crippen molar-refractivity contribution < 1.29 is 4.74 Å². The van der Waals surface area contributed by atoms with Gasteiger partial charge in [-0.15, -0.1) is 0 Å². The van der Waals surface area contributed by atoms with Crippen LogP contribution in [0, 0.1) is 0 Å². The topological polar surface area (TPSA) is 27.7 Å². The molecule has 0 amide bonds. The summed E-state index contributed by atoms with van der Waals surface area (Å²) >= 11 is 0. The number of hydrogen-bond donors (Lipinski definition) is 1. The largest absolute Gasteiger partial charge is 0.381 e. The van der Waals surface area contributed by atoms with Crippen LogP contribution in [0.25, 0.3) is 0 Å². The van der Waals surface area contributed by atoms with E-state index < -0.39 is 0 Å². The van der Waals surface area contributed by atoms with Crippen molar-refractivity contribution >= 4 is 0 Å². The highest BCUT2D eigenvalue weighted by molar-refractivity contribution is 5.19. The number of likely N-dealkylation sites (N-methyl/N-ethyl adjacent to an activating group) is 1. The Morgan fingerprint density at radius 1 is 1.04 bits per heavy atom. The Morgan fingerprint density at radius 3 is 2.33 bits per heavy atom. The van der Waals surface area contributed by atoms with Crippen molar-refractivity contribution in [1.29, 1.82) is 0 Å². The molecule has 3 rings (SSSR count). The molecule has 1 atom stereocenters. The van der Waals surface area contributed by atoms with Crippen molar-refractivity contribution in [3.63, 3.8) is 0 Å². The molecule has 0 spiro atoms. The molecule has 2 aliphatic rings. The lowest BCUT2D eigenvalue weighted by Crippen LogP contribution is -2.48. The summed E-state index contributed by atoms with van der Waals surface area (Å²) in [6, 6.07) is 12.0. The summed E-state index contributed by atoms with van der Waals surface area (Å²) < 4.78 is 5.52. The number of nitrogens with one attached hydrogen (secondary N) is 1. The minimum Gasteiger partial charge on any atom is -0.381 e. The zero-order valence-corrected chi connectivity index (χ0v) is 15.3. The lowest BCUT2D eigenvalue weighted by molar-refractivity contribution is 0.0594. The van der Waals surface area contributed by atoms with Gasteiger partial charge in [-0.2, -0.15) is 0 Å². The van der Waals surface area contributed by atoms with E-state index in [-0.39, 0.29) is 0 Å². The molecule has 0 aromatic heterocycles. The third kappa shape index (κ3) is 5.03. The van der Waals surface area contributed by atoms with Crippen LogP contribution in [0.15, 0.2) is 30.3 Å². The Morgan fingerprint density at radius 2 is 1.71 bits per heavy atom. The van der Waals surface area contributed by atoms with E-state index in [1.807, 2.05) is 7.11 Å². The second kappa shape index (κ2) is 8.95. The first-order chi connectivity index (χ1) is 11.7. The molecule has 1 N–H and O–H groups in total. The highest BCUT2D eigenvalue weighted by Gasteiger charge is 2.25. The maximum Gasteiger partial charge on any atom is 0.0572 e. The Labute approximate surface area is 147 Å². The fourth-order valence-corrected chi connectivity index (χ4v) is 3.98. The van der Waals surface area contributed by atoms with E-state index >= 15 is 0 Å². The van der Waals surface area contributed by atoms with Crippen molar-refractivity contribution in [3.8, 4) is 0 Å². The SMILES string of the molecule is COC1CCC(N[C@@H](CN2CCN(C)CC2)c2ccccc2)CC1. The predicted octanol–water partition coefficient (Wildman–Crippen LogP) is 2.52. The smallest absolute Gasteiger partial charge is 0.0572 e. The van der Waals surface area contributed by atoms with Gasteiger partial charge in [-0.3, -0.25) is 4.90 Å². The third-order valence-electron chi connectivity index (χ3n) is 5.68. The van der Waals surface area contributed by atoms with Gasteiger partial charge in [-0.05, 0) is 38.3 Å². The minimum absolute atomic E-state index is 0.429. The quantitative estimate of drug-likeness (QED) is 0.867. The Hall–Kier alpha value is -0.940. The number of rotatable bonds is 6. The molecule has 4 heteroatoms. The molecular formula is C20H33N3O. The minimum atomic E-state index is 0.429. The van der Waals surface area contributed by atoms with Gasteiger partial charge in [-0.1, -0.05) is 30.3 Å². The van der Waals surface area contributed by atoms with Gasteiger partial charge in [0.25, 0.3) is 0 Å². The molecule has 4 nitrogen and oxygen atoms in total. The van der Waals surface area contributed by atoms with Crippen LogP contribution in [0.1, 0.15) is 37.3 Å². The van der Waals surface area contributed by atoms with Crippen molar-refractivity contribution in [2.24, 2.45) is 0 Å². The van der Waals surface area contributed by atoms with Gasteiger partial charge in [0, 0.05) is 51.9 Å². The van der Waals surface area contributed by atoms with Crippen LogP contribution in [0.5, 0.6) is 0 Å². The number of nitrogens with zero attached hydrogens (tertiary/aromatic N) is 2. The molecule has 1 saturated carbocycles. The van der Waals surface area contributed by atoms with Gasteiger partial charge in [0.1, 0.15) is 0 Å². The van der Waals surface area contributed by atoms with Crippen molar-refractivity contribution in [1.82, 2.24) is 15.1 Å². The van der Waals surface area contributed by atoms with Crippen LogP contribution in [0.3, 0.4) is 0 Å². The predicted molar refractivity (Wildman–Crippen MR) is 99.3 cm³/mol. The first kappa shape index (κ1) is 17.9. The first-order valence-corrected chi connectivity index (χ1v) is 9.49. The molecule has 0 unspecified atom stereocenters. The molecule has 1 aliphatic carbocycles. The molecule has 1 aromatic rings. The standard InChI is InChI=1S/C20H33N3O/c1-22-12-14-23(15-13-22)16-20(17-6-4-3-5-7-17)21-18-8-10-19(24-2)11-9-18/h3-7,18-21H,8-16H2,1-2H3/t18?,19?,20-/m0/s1. The van der Waals surface area contributed by atoms with Gasteiger partial charge in [-0.25, -0.2) is 0 Å². The van der Waals surface area contributed by atoms with Gasteiger partial charge < -0.3 is 15.0 Å². The van der Waals surface area contributed by atoms with E-state index in [4.69, 9.17) is 4.74 Å². The van der Waals surface area contributed by atoms with E-state index in [1.54, 1.807) is 0 Å². The summed E-state index contributed by atoms with van der Waals surface area (Å²) in [5.41, 5.74) is 1.42. The van der Waals surface area contributed by atoms with Gasteiger partial charge in [0.2, 0.25) is 0 Å². The summed E-state index contributed by atoms with van der Waals surface area (Å²) in [7, 11) is 4.07. The second-order valence-corrected chi connectivity index (χ2v) is 7.44. The fraction of sp³-hybridized carbons (Fsp3) is 0.700. The van der Waals surface area contributed by atoms with Crippen molar-refractivity contribution in [3.05, 3.63) is 35.9 Å². The number of benzene rings is 1. The zero-order chi connectivity index (χ0) is 16.8. The van der Waals surface area contributed by atoms with Crippen LogP contribution in [-0.2, 0) is 4.74 Å². The normalized spacial score (nSPS) is 27.9. The summed E-state index contributed by atoms with van der Waals surface area (Å²) in [4.78, 5) is 5.04. The van der Waals surface area contributed by atoms with E-state index in [0.717, 1.165) is 6.54 Å². The molecule has 1 heterocycles. The van der Waals surface area contributed by atoms with Crippen molar-refractivity contribution in [2.45, 2.75) is 43.9 Å². The average molecular weight is 332 g/mol. The lowest BCUT2D eigenvalue weighted by Gasteiger charge is -2.37. The van der Waals surface area contributed by atoms with Crippen LogP contribution >= 0.6 is 0 Å². The Kier molecular flexibility index (Phi) is 6.67. The molecular weight excluding hydrogens is 298 g/mol. The number of ether oxygens (including phenoxy) is 1. The second-order valence-electron chi connectivity index (χ2n) is 7.44. The van der Waals surface area contributed by atoms with Crippen molar-refractivity contribution in [2.75, 3.05) is 46.9 Å². The maximum absolute atomic E-state index is 5.52. The van der Waals surface area contributed by atoms with Crippen LogP contribution in [-0.4, -0.2) is 68.8 Å². The summed E-state index contributed by atoms with van der Waals surface area (Å²) in [5, 5.41) is 3.96. The lowest BCUT2D eigenvalue weighted by atomic mass is 9.91. The van der Waals surface area contributed by atoms with E-state index in [2.05, 4.69) is 52.5 Å². The van der Waals surface area contributed by atoms with Gasteiger partial charge in [0.15, 0.2) is 0 Å². The number of methoxy groups -OCH3 is 1. The number of piperazine rings is 1. The summed E-state index contributed by atoms with van der Waals surface area (Å²) in [6.45, 7) is 5.83. The summed E-state index contributed by atoms with van der Waals surface area (Å²) in [6.07, 6.45) is 5.29. The van der Waals surface area contributed by atoms with Gasteiger partial charge >= 0.3 is 0 Å². The molecule has 0 bridgehead atoms. The zero-order valence-electron chi connectivity index (χ0n) is 15.3. The fourth-order valence-electron chi connectivity index (χ4n) is 3.98. The van der Waals surface area contributed by atoms with E-state index in [1.165, 1.54) is 57.4 Å². The molecule has 2 fully saturated rings. The van der Waals surface area contributed by atoms with Gasteiger partial charge in [0.05, 0.1) is 6.10 Å². The van der Waals surface area contributed by atoms with E-state index in [9.17, 15) is 0 Å². The third-order valence-corrected chi connectivity index (χ3v) is 5.68. The first-order valence-electron chi connectivity index (χ1n) is 9.49. The molecule has 0 radical (unpaired) electrons. The molecule has 1 saturated heterocycles. The highest BCUT2D eigenvalue weighted by atomic mass is 16.5. The Balaban J connectivity index is 1.60. The molecule has 134 valence electrons. The molecule has 1 aliphatic heterocycles. The Bertz CT molecular complexity index is 465. The highest BCUT2D eigenvalue weighted by Crippen LogP contribution is 2.24. The average Bonchev–Trinajstić information content (AvgIpc) is 2.64. The van der Waals surface area contributed by atoms with Crippen LogP contribution in [0.2, 0.25) is 0 Å². The monoisotopic (exact) mass is 331 g/mol. The summed E-state index contributed by atoms with van der Waals surface area (Å²) in [5.74, 6) is 0.